The zero-order chi connectivity index (χ0) is 21.6. The molecule has 2 aromatic rings. The first-order chi connectivity index (χ1) is 15.1. The summed E-state index contributed by atoms with van der Waals surface area (Å²) in [5, 5.41) is -0.436. The smallest absolute Gasteiger partial charge is 0.294 e. The van der Waals surface area contributed by atoms with Gasteiger partial charge in [-0.3, -0.25) is 19.3 Å². The maximum Gasteiger partial charge on any atom is 0.294 e. The molecule has 2 fully saturated rings. The zero-order valence-electron chi connectivity index (χ0n) is 16.9. The molecule has 0 unspecified atom stereocenters. The molecule has 2 aliphatic rings. The molecular weight excluding hydrogens is 416 g/mol. The van der Waals surface area contributed by atoms with Gasteiger partial charge in [0.05, 0.1) is 18.1 Å². The predicted molar refractivity (Wildman–Crippen MR) is 117 cm³/mol. The third kappa shape index (κ3) is 5.34. The predicted octanol–water partition coefficient (Wildman–Crippen LogP) is 3.16. The molecule has 2 aromatic carbocycles. The van der Waals surface area contributed by atoms with Gasteiger partial charge in [0.15, 0.2) is 0 Å². The monoisotopic (exact) mass is 438 g/mol. The number of morpholine rings is 1. The van der Waals surface area contributed by atoms with Crippen molar-refractivity contribution in [2.75, 3.05) is 32.8 Å². The molecular formula is C23H22N2O5S. The molecule has 7 nitrogen and oxygen atoms in total. The van der Waals surface area contributed by atoms with E-state index in [1.165, 1.54) is 0 Å². The van der Waals surface area contributed by atoms with Gasteiger partial charge in [-0.15, -0.1) is 0 Å². The Bertz CT molecular complexity index is 1000. The number of hydrogen-bond donors (Lipinski definition) is 0. The molecule has 0 spiro atoms. The van der Waals surface area contributed by atoms with Crippen LogP contribution in [0.2, 0.25) is 0 Å². The quantitative estimate of drug-likeness (QED) is 0.645. The minimum absolute atomic E-state index is 0.247. The molecule has 0 atom stereocenters. The highest BCUT2D eigenvalue weighted by Crippen LogP contribution is 2.32. The van der Waals surface area contributed by atoms with Crippen LogP contribution in [0, 0.1) is 0 Å². The van der Waals surface area contributed by atoms with Crippen LogP contribution in [0.3, 0.4) is 0 Å². The Hall–Kier alpha value is -3.10. The van der Waals surface area contributed by atoms with Gasteiger partial charge >= 0.3 is 0 Å². The Labute approximate surface area is 184 Å². The largest absolute Gasteiger partial charge is 0.489 e. The molecule has 4 rings (SSSR count). The van der Waals surface area contributed by atoms with Crippen molar-refractivity contribution in [3.8, 4) is 5.75 Å². The number of thioether (sulfide) groups is 1. The fraction of sp³-hybridized carbons (Fsp3) is 0.261. The van der Waals surface area contributed by atoms with Gasteiger partial charge < -0.3 is 14.4 Å². The number of benzene rings is 2. The number of imide groups is 1. The van der Waals surface area contributed by atoms with E-state index in [4.69, 9.17) is 9.47 Å². The van der Waals surface area contributed by atoms with Crippen molar-refractivity contribution in [3.05, 3.63) is 70.6 Å². The maximum atomic E-state index is 12.7. The Morgan fingerprint density at radius 3 is 2.61 bits per heavy atom. The summed E-state index contributed by atoms with van der Waals surface area (Å²) >= 11 is 0.844. The van der Waals surface area contributed by atoms with Crippen LogP contribution in [-0.2, 0) is 20.9 Å². The van der Waals surface area contributed by atoms with E-state index in [9.17, 15) is 14.4 Å². The number of carbonyl (C=O) groups is 3. The van der Waals surface area contributed by atoms with Gasteiger partial charge in [-0.05, 0) is 41.1 Å². The average molecular weight is 439 g/mol. The lowest BCUT2D eigenvalue weighted by Gasteiger charge is -2.28. The van der Waals surface area contributed by atoms with Gasteiger partial charge in [0, 0.05) is 13.1 Å². The SMILES string of the molecule is O=C(CN1C(=O)S/C(=C\c2cccc(OCc3ccccc3)c2)C1=O)N1CCOCC1. The summed E-state index contributed by atoms with van der Waals surface area (Å²) in [6, 6.07) is 17.1. The van der Waals surface area contributed by atoms with Gasteiger partial charge in [-0.2, -0.15) is 0 Å². The molecule has 2 heterocycles. The highest BCUT2D eigenvalue weighted by molar-refractivity contribution is 8.18. The minimum atomic E-state index is -0.452. The molecule has 31 heavy (non-hydrogen) atoms. The van der Waals surface area contributed by atoms with Crippen molar-refractivity contribution in [2.24, 2.45) is 0 Å². The molecule has 0 bridgehead atoms. The number of ether oxygens (including phenoxy) is 2. The van der Waals surface area contributed by atoms with E-state index in [0.29, 0.717) is 43.6 Å². The summed E-state index contributed by atoms with van der Waals surface area (Å²) in [5.74, 6) is -0.0327. The summed E-state index contributed by atoms with van der Waals surface area (Å²) in [7, 11) is 0. The van der Waals surface area contributed by atoms with Crippen LogP contribution in [-0.4, -0.2) is 59.7 Å². The van der Waals surface area contributed by atoms with Crippen LogP contribution in [0.1, 0.15) is 11.1 Å². The Morgan fingerprint density at radius 2 is 1.84 bits per heavy atom. The first kappa shape index (κ1) is 21.1. The van der Waals surface area contributed by atoms with Gasteiger partial charge in [-0.25, -0.2) is 0 Å². The lowest BCUT2D eigenvalue weighted by Crippen LogP contribution is -2.46. The van der Waals surface area contributed by atoms with Crippen LogP contribution < -0.4 is 4.74 Å². The first-order valence-corrected chi connectivity index (χ1v) is 10.8. The lowest BCUT2D eigenvalue weighted by molar-refractivity contribution is -0.139. The number of amides is 3. The standard InChI is InChI=1S/C23H22N2O5S/c26-21(24-9-11-29-12-10-24)15-25-22(27)20(31-23(25)28)14-18-7-4-8-19(13-18)30-16-17-5-2-1-3-6-17/h1-8,13-14H,9-12,15-16H2/b20-14-. The van der Waals surface area contributed by atoms with Crippen LogP contribution in [0.4, 0.5) is 4.79 Å². The van der Waals surface area contributed by atoms with Gasteiger partial charge in [0.1, 0.15) is 18.9 Å². The van der Waals surface area contributed by atoms with Crippen molar-refractivity contribution in [1.29, 1.82) is 0 Å². The highest BCUT2D eigenvalue weighted by atomic mass is 32.2. The summed E-state index contributed by atoms with van der Waals surface area (Å²) in [5.41, 5.74) is 1.80. The van der Waals surface area contributed by atoms with E-state index >= 15 is 0 Å². The van der Waals surface area contributed by atoms with Crippen molar-refractivity contribution >= 4 is 34.9 Å². The van der Waals surface area contributed by atoms with E-state index in [2.05, 4.69) is 0 Å². The molecule has 160 valence electrons. The number of rotatable bonds is 6. The summed E-state index contributed by atoms with van der Waals surface area (Å²) in [6.07, 6.45) is 1.65. The van der Waals surface area contributed by atoms with Crippen molar-refractivity contribution < 1.29 is 23.9 Å². The molecule has 0 aromatic heterocycles. The molecule has 8 heteroatoms. The van der Waals surface area contributed by atoms with Crippen molar-refractivity contribution in [3.63, 3.8) is 0 Å². The van der Waals surface area contributed by atoms with Crippen molar-refractivity contribution in [2.45, 2.75) is 6.61 Å². The zero-order valence-corrected chi connectivity index (χ0v) is 17.7. The Balaban J connectivity index is 1.41. The summed E-state index contributed by atoms with van der Waals surface area (Å²) in [4.78, 5) is 40.4. The van der Waals surface area contributed by atoms with E-state index in [1.807, 2.05) is 54.6 Å². The fourth-order valence-corrected chi connectivity index (χ4v) is 4.11. The van der Waals surface area contributed by atoms with Gasteiger partial charge in [-0.1, -0.05) is 42.5 Å². The van der Waals surface area contributed by atoms with Gasteiger partial charge in [0.2, 0.25) is 5.91 Å². The van der Waals surface area contributed by atoms with Crippen LogP contribution in [0.15, 0.2) is 59.5 Å². The number of carbonyl (C=O) groups excluding carboxylic acids is 3. The molecule has 2 aliphatic heterocycles. The molecule has 0 saturated carbocycles. The first-order valence-electron chi connectivity index (χ1n) is 9.98. The topological polar surface area (TPSA) is 76.2 Å². The lowest BCUT2D eigenvalue weighted by atomic mass is 10.2. The highest BCUT2D eigenvalue weighted by Gasteiger charge is 2.37. The van der Waals surface area contributed by atoms with E-state index in [1.54, 1.807) is 11.0 Å². The summed E-state index contributed by atoms with van der Waals surface area (Å²) < 4.78 is 11.1. The summed E-state index contributed by atoms with van der Waals surface area (Å²) in [6.45, 7) is 2.07. The van der Waals surface area contributed by atoms with Crippen LogP contribution in [0.25, 0.3) is 6.08 Å². The molecule has 0 radical (unpaired) electrons. The Morgan fingerprint density at radius 1 is 1.06 bits per heavy atom. The molecule has 3 amide bonds. The minimum Gasteiger partial charge on any atom is -0.489 e. The molecule has 2 saturated heterocycles. The normalized spacial score (nSPS) is 18.0. The third-order valence-electron chi connectivity index (χ3n) is 4.93. The maximum absolute atomic E-state index is 12.7. The average Bonchev–Trinajstić information content (AvgIpc) is 3.06. The van der Waals surface area contributed by atoms with Gasteiger partial charge in [0.25, 0.3) is 11.1 Å². The van der Waals surface area contributed by atoms with Crippen LogP contribution >= 0.6 is 11.8 Å². The van der Waals surface area contributed by atoms with E-state index in [0.717, 1.165) is 27.8 Å². The molecule has 0 N–H and O–H groups in total. The number of hydrogen-bond acceptors (Lipinski definition) is 6. The van der Waals surface area contributed by atoms with E-state index < -0.39 is 11.1 Å². The molecule has 0 aliphatic carbocycles. The van der Waals surface area contributed by atoms with Crippen LogP contribution in [0.5, 0.6) is 5.75 Å². The second kappa shape index (κ2) is 9.80. The van der Waals surface area contributed by atoms with E-state index in [-0.39, 0.29) is 12.5 Å². The third-order valence-corrected chi connectivity index (χ3v) is 5.84. The number of nitrogens with zero attached hydrogens (tertiary/aromatic N) is 2. The fourth-order valence-electron chi connectivity index (χ4n) is 3.27. The second-order valence-corrected chi connectivity index (χ2v) is 8.10. The second-order valence-electron chi connectivity index (χ2n) is 7.11. The van der Waals surface area contributed by atoms with Crippen molar-refractivity contribution in [1.82, 2.24) is 9.80 Å². The Kier molecular flexibility index (Phi) is 6.69.